The van der Waals surface area contributed by atoms with Crippen LogP contribution in [0.1, 0.15) is 44.1 Å². The molecule has 0 bridgehead atoms. The summed E-state index contributed by atoms with van der Waals surface area (Å²) in [4.78, 5) is 22.4. The molecule has 0 aliphatic rings. The number of aromatic nitrogens is 2. The van der Waals surface area contributed by atoms with Gasteiger partial charge in [0.15, 0.2) is 5.82 Å². The van der Waals surface area contributed by atoms with Crippen molar-refractivity contribution in [2.24, 2.45) is 5.84 Å². The van der Waals surface area contributed by atoms with E-state index in [1.165, 1.54) is 12.4 Å². The van der Waals surface area contributed by atoms with E-state index >= 15 is 0 Å². The van der Waals surface area contributed by atoms with Crippen molar-refractivity contribution in [1.82, 2.24) is 20.2 Å². The Bertz CT molecular complexity index is 435. The number of rotatable bonds is 9. The van der Waals surface area contributed by atoms with E-state index in [-0.39, 0.29) is 17.6 Å². The first-order chi connectivity index (χ1) is 10.1. The average molecular weight is 294 g/mol. The molecule has 0 fully saturated rings. The van der Waals surface area contributed by atoms with Gasteiger partial charge in [-0.2, -0.15) is 0 Å². The summed E-state index contributed by atoms with van der Waals surface area (Å²) >= 11 is 0. The lowest BCUT2D eigenvalue weighted by atomic mass is 10.1. The van der Waals surface area contributed by atoms with Gasteiger partial charge < -0.3 is 15.6 Å². The molecular weight excluding hydrogens is 268 g/mol. The Morgan fingerprint density at radius 3 is 2.71 bits per heavy atom. The van der Waals surface area contributed by atoms with Gasteiger partial charge in [-0.25, -0.2) is 10.8 Å². The third-order valence-corrected chi connectivity index (χ3v) is 3.40. The number of anilines is 1. The van der Waals surface area contributed by atoms with E-state index in [0.717, 1.165) is 32.5 Å². The Labute approximate surface area is 126 Å². The topological polar surface area (TPSA) is 96.2 Å². The maximum atomic E-state index is 12.0. The van der Waals surface area contributed by atoms with Crippen molar-refractivity contribution >= 4 is 11.7 Å². The number of hydrogen-bond acceptors (Lipinski definition) is 6. The van der Waals surface area contributed by atoms with Gasteiger partial charge in [0.1, 0.15) is 5.69 Å². The fourth-order valence-corrected chi connectivity index (χ4v) is 2.08. The van der Waals surface area contributed by atoms with Gasteiger partial charge in [-0.05, 0) is 39.4 Å². The van der Waals surface area contributed by atoms with Crippen LogP contribution >= 0.6 is 0 Å². The third-order valence-electron chi connectivity index (χ3n) is 3.40. The third kappa shape index (κ3) is 6.05. The second-order valence-electron chi connectivity index (χ2n) is 4.98. The fraction of sp³-hybridized carbons (Fsp3) is 0.643. The lowest BCUT2D eigenvalue weighted by Gasteiger charge is -2.19. The molecule has 0 radical (unpaired) electrons. The molecule has 21 heavy (non-hydrogen) atoms. The summed E-state index contributed by atoms with van der Waals surface area (Å²) in [5.74, 6) is 5.40. The largest absolute Gasteiger partial charge is 0.348 e. The summed E-state index contributed by atoms with van der Waals surface area (Å²) in [6, 6.07) is 0.101. The summed E-state index contributed by atoms with van der Waals surface area (Å²) in [7, 11) is 0. The molecule has 7 nitrogen and oxygen atoms in total. The van der Waals surface area contributed by atoms with Crippen molar-refractivity contribution in [1.29, 1.82) is 0 Å². The highest BCUT2D eigenvalue weighted by molar-refractivity contribution is 5.92. The Kier molecular flexibility index (Phi) is 7.63. The van der Waals surface area contributed by atoms with Crippen molar-refractivity contribution in [3.05, 3.63) is 18.1 Å². The lowest BCUT2D eigenvalue weighted by Crippen LogP contribution is -2.34. The zero-order chi connectivity index (χ0) is 15.7. The number of nitrogen functional groups attached to an aromatic ring is 1. The minimum Gasteiger partial charge on any atom is -0.348 e. The second-order valence-corrected chi connectivity index (χ2v) is 4.98. The Morgan fingerprint density at radius 2 is 2.10 bits per heavy atom. The van der Waals surface area contributed by atoms with Crippen molar-refractivity contribution in [2.75, 3.05) is 25.1 Å². The molecule has 118 valence electrons. The number of hydrazine groups is 1. The fourth-order valence-electron chi connectivity index (χ4n) is 2.08. The van der Waals surface area contributed by atoms with Gasteiger partial charge >= 0.3 is 0 Å². The number of carbonyl (C=O) groups excluding carboxylic acids is 1. The van der Waals surface area contributed by atoms with Crippen LogP contribution in [0, 0.1) is 0 Å². The number of nitrogens with one attached hydrogen (secondary N) is 2. The van der Waals surface area contributed by atoms with Crippen LogP contribution in [0.15, 0.2) is 12.4 Å². The molecule has 1 aromatic rings. The van der Waals surface area contributed by atoms with Crippen LogP contribution in [0.4, 0.5) is 5.82 Å². The molecule has 0 aliphatic heterocycles. The molecule has 1 aromatic heterocycles. The summed E-state index contributed by atoms with van der Waals surface area (Å²) in [5, 5.41) is 2.93. The zero-order valence-corrected chi connectivity index (χ0v) is 13.1. The number of nitrogens with two attached hydrogens (primary N) is 1. The smallest absolute Gasteiger partial charge is 0.271 e. The molecule has 0 saturated heterocycles. The van der Waals surface area contributed by atoms with Crippen LogP contribution in [0.5, 0.6) is 0 Å². The van der Waals surface area contributed by atoms with E-state index in [2.05, 4.69) is 39.5 Å². The lowest BCUT2D eigenvalue weighted by molar-refractivity contribution is 0.0932. The van der Waals surface area contributed by atoms with Crippen molar-refractivity contribution in [3.63, 3.8) is 0 Å². The molecule has 1 atom stereocenters. The van der Waals surface area contributed by atoms with E-state index in [1.54, 1.807) is 0 Å². The van der Waals surface area contributed by atoms with E-state index < -0.39 is 0 Å². The molecule has 1 amide bonds. The SMILES string of the molecule is CCN(CC)CCCC(C)NC(=O)c1cncc(NN)n1. The first-order valence-corrected chi connectivity index (χ1v) is 7.42. The first kappa shape index (κ1) is 17.3. The monoisotopic (exact) mass is 294 g/mol. The standard InChI is InChI=1S/C14H26N6O/c1-4-20(5-2)8-6-7-11(3)17-14(21)12-9-16-10-13(18-12)19-15/h9-11H,4-8,15H2,1-3H3,(H,17,21)(H,18,19). The minimum atomic E-state index is -0.227. The molecule has 0 saturated carbocycles. The Morgan fingerprint density at radius 1 is 1.38 bits per heavy atom. The molecule has 1 rings (SSSR count). The maximum Gasteiger partial charge on any atom is 0.271 e. The highest BCUT2D eigenvalue weighted by Crippen LogP contribution is 2.03. The van der Waals surface area contributed by atoms with Crippen molar-refractivity contribution in [3.8, 4) is 0 Å². The first-order valence-electron chi connectivity index (χ1n) is 7.42. The van der Waals surface area contributed by atoms with Gasteiger partial charge in [0.25, 0.3) is 5.91 Å². The Hall–Kier alpha value is -1.73. The van der Waals surface area contributed by atoms with Crippen LogP contribution in [-0.4, -0.2) is 46.5 Å². The summed E-state index contributed by atoms with van der Waals surface area (Å²) in [5.41, 5.74) is 2.64. The quantitative estimate of drug-likeness (QED) is 0.464. The average Bonchev–Trinajstić information content (AvgIpc) is 2.51. The van der Waals surface area contributed by atoms with Crippen molar-refractivity contribution < 1.29 is 4.79 Å². The van der Waals surface area contributed by atoms with Crippen LogP contribution in [-0.2, 0) is 0 Å². The molecule has 0 aliphatic carbocycles. The number of carbonyl (C=O) groups is 1. The normalized spacial score (nSPS) is 12.2. The van der Waals surface area contributed by atoms with E-state index in [9.17, 15) is 4.79 Å². The molecule has 0 aromatic carbocycles. The summed E-state index contributed by atoms with van der Waals surface area (Å²) < 4.78 is 0. The highest BCUT2D eigenvalue weighted by Gasteiger charge is 2.12. The number of hydrogen-bond donors (Lipinski definition) is 3. The van der Waals surface area contributed by atoms with E-state index in [1.807, 2.05) is 6.92 Å². The van der Waals surface area contributed by atoms with Gasteiger partial charge in [-0.15, -0.1) is 0 Å². The van der Waals surface area contributed by atoms with Gasteiger partial charge in [0.2, 0.25) is 0 Å². The molecule has 4 N–H and O–H groups in total. The van der Waals surface area contributed by atoms with Gasteiger partial charge in [-0.1, -0.05) is 13.8 Å². The predicted octanol–water partition coefficient (Wildman–Crippen LogP) is 1.00. The van der Waals surface area contributed by atoms with Crippen LogP contribution in [0.3, 0.4) is 0 Å². The van der Waals surface area contributed by atoms with E-state index in [0.29, 0.717) is 5.82 Å². The number of nitrogens with zero attached hydrogens (tertiary/aromatic N) is 3. The highest BCUT2D eigenvalue weighted by atomic mass is 16.1. The number of amides is 1. The van der Waals surface area contributed by atoms with E-state index in [4.69, 9.17) is 5.84 Å². The molecule has 0 spiro atoms. The van der Waals surface area contributed by atoms with Crippen LogP contribution < -0.4 is 16.6 Å². The molecular formula is C14H26N6O. The predicted molar refractivity (Wildman–Crippen MR) is 83.8 cm³/mol. The summed E-state index contributed by atoms with van der Waals surface area (Å²) in [6.45, 7) is 9.49. The van der Waals surface area contributed by atoms with Gasteiger partial charge in [-0.3, -0.25) is 9.78 Å². The minimum absolute atomic E-state index is 0.101. The van der Waals surface area contributed by atoms with Crippen LogP contribution in [0.25, 0.3) is 0 Å². The second kappa shape index (κ2) is 9.25. The zero-order valence-electron chi connectivity index (χ0n) is 13.1. The van der Waals surface area contributed by atoms with Crippen molar-refractivity contribution in [2.45, 2.75) is 39.7 Å². The van der Waals surface area contributed by atoms with Crippen LogP contribution in [0.2, 0.25) is 0 Å². The van der Waals surface area contributed by atoms with Gasteiger partial charge in [0.05, 0.1) is 12.4 Å². The Balaban J connectivity index is 2.39. The maximum absolute atomic E-state index is 12.0. The molecule has 1 heterocycles. The van der Waals surface area contributed by atoms with Gasteiger partial charge in [0, 0.05) is 6.04 Å². The summed E-state index contributed by atoms with van der Waals surface area (Å²) in [6.07, 6.45) is 4.88. The molecule has 7 heteroatoms. The molecule has 1 unspecified atom stereocenters.